The van der Waals surface area contributed by atoms with E-state index in [4.69, 9.17) is 9.68 Å². The third-order valence-electron chi connectivity index (χ3n) is 4.34. The Balaban J connectivity index is 2.34. The van der Waals surface area contributed by atoms with Crippen LogP contribution < -0.4 is 0 Å². The summed E-state index contributed by atoms with van der Waals surface area (Å²) in [6, 6.07) is 19.9. The molecule has 2 rings (SSSR count). The lowest BCUT2D eigenvalue weighted by molar-refractivity contribution is -0.870. The summed E-state index contributed by atoms with van der Waals surface area (Å²) in [6.45, 7) is 2.74. The molecule has 0 bridgehead atoms. The Morgan fingerprint density at radius 3 is 1.23 bits per heavy atom. The summed E-state index contributed by atoms with van der Waals surface area (Å²) < 4.78 is 1.62. The van der Waals surface area contributed by atoms with Crippen LogP contribution in [0.4, 0.5) is 0 Å². The van der Waals surface area contributed by atoms with Gasteiger partial charge in [0.2, 0.25) is 0 Å². The summed E-state index contributed by atoms with van der Waals surface area (Å²) >= 11 is 0. The SMILES string of the molecule is C[N+](C)(C)CCO/N=C(/C(=N/OCC[N+](C)(C)C)c1ccccc1)c1ccccc1. The van der Waals surface area contributed by atoms with Crippen LogP contribution in [-0.2, 0) is 9.68 Å². The molecule has 162 valence electrons. The molecule has 0 spiro atoms. The maximum atomic E-state index is 5.72. The second-order valence-electron chi connectivity index (χ2n) is 9.31. The van der Waals surface area contributed by atoms with Gasteiger partial charge in [0.1, 0.15) is 24.5 Å². The summed E-state index contributed by atoms with van der Waals surface area (Å²) in [6.07, 6.45) is 0. The van der Waals surface area contributed by atoms with Crippen LogP contribution in [0.25, 0.3) is 0 Å². The van der Waals surface area contributed by atoms with E-state index >= 15 is 0 Å². The number of nitrogens with zero attached hydrogens (tertiary/aromatic N) is 4. The lowest BCUT2D eigenvalue weighted by Crippen LogP contribution is -2.37. The Morgan fingerprint density at radius 2 is 0.933 bits per heavy atom. The molecule has 0 heterocycles. The Labute approximate surface area is 181 Å². The van der Waals surface area contributed by atoms with Gasteiger partial charge in [-0.3, -0.25) is 0 Å². The van der Waals surface area contributed by atoms with Gasteiger partial charge in [0.25, 0.3) is 0 Å². The molecule has 2 aromatic carbocycles. The summed E-state index contributed by atoms with van der Waals surface area (Å²) in [5.41, 5.74) is 3.18. The van der Waals surface area contributed by atoms with Crippen molar-refractivity contribution < 1.29 is 18.6 Å². The van der Waals surface area contributed by atoms with Gasteiger partial charge in [-0.15, -0.1) is 0 Å². The highest BCUT2D eigenvalue weighted by molar-refractivity contribution is 6.53. The first kappa shape index (κ1) is 23.6. The van der Waals surface area contributed by atoms with E-state index in [-0.39, 0.29) is 0 Å². The molecular weight excluding hydrogens is 376 g/mol. The molecule has 0 N–H and O–H groups in total. The number of hydrogen-bond donors (Lipinski definition) is 0. The van der Waals surface area contributed by atoms with Crippen molar-refractivity contribution in [3.8, 4) is 0 Å². The van der Waals surface area contributed by atoms with E-state index in [0.717, 1.165) is 33.2 Å². The topological polar surface area (TPSA) is 43.2 Å². The number of rotatable bonds is 11. The molecule has 2 aromatic rings. The summed E-state index contributed by atoms with van der Waals surface area (Å²) in [5, 5.41) is 8.99. The third kappa shape index (κ3) is 8.76. The lowest BCUT2D eigenvalue weighted by Gasteiger charge is -2.23. The van der Waals surface area contributed by atoms with E-state index in [9.17, 15) is 0 Å². The van der Waals surface area contributed by atoms with Crippen molar-refractivity contribution in [3.05, 3.63) is 71.8 Å². The molecule has 0 saturated carbocycles. The van der Waals surface area contributed by atoms with Gasteiger partial charge < -0.3 is 18.6 Å². The van der Waals surface area contributed by atoms with Crippen molar-refractivity contribution in [2.45, 2.75) is 0 Å². The molecule has 0 aliphatic heterocycles. The fourth-order valence-corrected chi connectivity index (χ4v) is 2.51. The van der Waals surface area contributed by atoms with Crippen LogP contribution in [0.5, 0.6) is 0 Å². The van der Waals surface area contributed by atoms with Gasteiger partial charge in [0, 0.05) is 11.1 Å². The van der Waals surface area contributed by atoms with Crippen molar-refractivity contribution in [1.82, 2.24) is 0 Å². The maximum Gasteiger partial charge on any atom is 0.165 e. The molecule has 0 aromatic heterocycles. The molecule has 6 heteroatoms. The first-order valence-corrected chi connectivity index (χ1v) is 10.3. The lowest BCUT2D eigenvalue weighted by atomic mass is 10.00. The number of oxime groups is 2. The van der Waals surface area contributed by atoms with Crippen LogP contribution >= 0.6 is 0 Å². The van der Waals surface area contributed by atoms with Crippen LogP contribution in [-0.4, -0.2) is 89.0 Å². The first-order valence-electron chi connectivity index (χ1n) is 10.3. The predicted octanol–water partition coefficient (Wildman–Crippen LogP) is 3.24. The number of hydrogen-bond acceptors (Lipinski definition) is 4. The minimum Gasteiger partial charge on any atom is -0.389 e. The molecular formula is C24H36N4O2+2. The molecule has 6 nitrogen and oxygen atoms in total. The van der Waals surface area contributed by atoms with Gasteiger partial charge in [-0.25, -0.2) is 0 Å². The fraction of sp³-hybridized carbons (Fsp3) is 0.417. The van der Waals surface area contributed by atoms with E-state index in [0.29, 0.717) is 24.6 Å². The molecule has 0 aliphatic carbocycles. The van der Waals surface area contributed by atoms with Crippen molar-refractivity contribution in [2.75, 3.05) is 68.6 Å². The van der Waals surface area contributed by atoms with Gasteiger partial charge in [0.15, 0.2) is 13.2 Å². The van der Waals surface area contributed by atoms with E-state index in [1.54, 1.807) is 0 Å². The van der Waals surface area contributed by atoms with Crippen molar-refractivity contribution in [3.63, 3.8) is 0 Å². The molecule has 0 atom stereocenters. The molecule has 0 amide bonds. The molecule has 0 fully saturated rings. The molecule has 0 aliphatic rings. The van der Waals surface area contributed by atoms with Gasteiger partial charge in [-0.05, 0) is 0 Å². The van der Waals surface area contributed by atoms with Gasteiger partial charge in [-0.2, -0.15) is 0 Å². The standard InChI is InChI=1S/C24H36N4O2/c1-27(2,3)17-19-29-25-23(21-13-9-7-10-14-21)24(22-15-11-8-12-16-22)26-30-20-18-28(4,5)6/h7-16H,17-20H2,1-6H3/q+2/b25-23+,26-24+. The second-order valence-corrected chi connectivity index (χ2v) is 9.31. The van der Waals surface area contributed by atoms with Crippen molar-refractivity contribution >= 4 is 11.4 Å². The summed E-state index contributed by atoms with van der Waals surface area (Å²) in [4.78, 5) is 11.4. The fourth-order valence-electron chi connectivity index (χ4n) is 2.51. The first-order chi connectivity index (χ1) is 14.2. The molecule has 0 saturated heterocycles. The van der Waals surface area contributed by atoms with Crippen LogP contribution in [0.2, 0.25) is 0 Å². The Kier molecular flexibility index (Phi) is 8.57. The zero-order valence-corrected chi connectivity index (χ0v) is 19.2. The average molecular weight is 413 g/mol. The van der Waals surface area contributed by atoms with E-state index < -0.39 is 0 Å². The minimum atomic E-state index is 0.518. The highest BCUT2D eigenvalue weighted by Gasteiger charge is 2.17. The van der Waals surface area contributed by atoms with E-state index in [1.165, 1.54) is 0 Å². The minimum absolute atomic E-state index is 0.518. The summed E-state index contributed by atoms with van der Waals surface area (Å²) in [5.74, 6) is 0. The Bertz CT molecular complexity index is 748. The van der Waals surface area contributed by atoms with Crippen LogP contribution in [0.1, 0.15) is 11.1 Å². The third-order valence-corrected chi connectivity index (χ3v) is 4.34. The Morgan fingerprint density at radius 1 is 0.600 bits per heavy atom. The second kappa shape index (κ2) is 10.9. The van der Waals surface area contributed by atoms with Gasteiger partial charge in [0.05, 0.1) is 42.3 Å². The number of likely N-dealkylation sites (N-methyl/N-ethyl adjacent to an activating group) is 2. The Hall–Kier alpha value is -2.70. The van der Waals surface area contributed by atoms with Crippen molar-refractivity contribution in [1.29, 1.82) is 0 Å². The molecule has 30 heavy (non-hydrogen) atoms. The normalized spacial score (nSPS) is 13.3. The smallest absolute Gasteiger partial charge is 0.165 e. The quantitative estimate of drug-likeness (QED) is 0.246. The van der Waals surface area contributed by atoms with Crippen LogP contribution in [0.15, 0.2) is 71.0 Å². The van der Waals surface area contributed by atoms with Crippen LogP contribution in [0, 0.1) is 0 Å². The van der Waals surface area contributed by atoms with Gasteiger partial charge >= 0.3 is 0 Å². The van der Waals surface area contributed by atoms with Crippen molar-refractivity contribution in [2.24, 2.45) is 10.3 Å². The molecule has 0 unspecified atom stereocenters. The van der Waals surface area contributed by atoms with Gasteiger partial charge in [-0.1, -0.05) is 71.0 Å². The monoisotopic (exact) mass is 412 g/mol. The predicted molar refractivity (Wildman–Crippen MR) is 124 cm³/mol. The van der Waals surface area contributed by atoms with Crippen LogP contribution in [0.3, 0.4) is 0 Å². The zero-order chi connectivity index (χ0) is 22.0. The highest BCUT2D eigenvalue weighted by atomic mass is 16.6. The highest BCUT2D eigenvalue weighted by Crippen LogP contribution is 2.12. The number of benzene rings is 2. The summed E-state index contributed by atoms with van der Waals surface area (Å²) in [7, 11) is 12.8. The average Bonchev–Trinajstić information content (AvgIpc) is 2.69. The van der Waals surface area contributed by atoms with E-state index in [2.05, 4.69) is 52.6 Å². The largest absolute Gasteiger partial charge is 0.389 e. The molecule has 0 radical (unpaired) electrons. The zero-order valence-electron chi connectivity index (χ0n) is 19.2. The van der Waals surface area contributed by atoms with E-state index in [1.807, 2.05) is 60.7 Å². The maximum absolute atomic E-state index is 5.72. The number of quaternary nitrogens is 2.